The Morgan fingerprint density at radius 2 is 0.477 bits per heavy atom. The molecule has 0 radical (unpaired) electrons. The van der Waals surface area contributed by atoms with Crippen molar-refractivity contribution < 1.29 is 0 Å². The highest BCUT2D eigenvalue weighted by atomic mass is 15.0. The summed E-state index contributed by atoms with van der Waals surface area (Å²) in [5.41, 5.74) is 38.5. The zero-order valence-corrected chi connectivity index (χ0v) is 68.3. The van der Waals surface area contributed by atoms with Crippen molar-refractivity contribution in [2.45, 2.75) is 209 Å². The fourth-order valence-corrected chi connectivity index (χ4v) is 17.2. The number of aromatic nitrogens is 2. The highest BCUT2D eigenvalue weighted by Crippen LogP contribution is 2.50. The number of rotatable bonds is 7. The molecule has 0 unspecified atom stereocenters. The Kier molecular flexibility index (Phi) is 16.3. The molecule has 107 heavy (non-hydrogen) atoms. The molecule has 0 fully saturated rings. The Hall–Kier alpha value is -9.70. The molecule has 16 rings (SSSR count). The summed E-state index contributed by atoms with van der Waals surface area (Å²) in [7, 11) is 0. The lowest BCUT2D eigenvalue weighted by Crippen LogP contribution is -2.59. The summed E-state index contributed by atoms with van der Waals surface area (Å²) in [6.07, 6.45) is 0. The molecule has 2 nitrogen and oxygen atoms in total. The SMILES string of the molecule is CC(C)(C)c1ccc(-c2cc(-c3ccc(C(C)(C)C)cc3)cc(-c3cccc(-c4cc(-c5ccc(C(C)(C)C)cc5)cc(-c5ccc(C(C)(C)C)cc5)c4)c3-c3cc4c5c(c3)-n3c6ccc(C(C)(C)C)cc6c6cc(C(C)(C)C)cc(c63)B5c3cc(C(C)(C)C)cc5c6cc(C(C)(C)C)ccc6n-4c35)c2)cc1. The van der Waals surface area contributed by atoms with E-state index >= 15 is 0 Å². The summed E-state index contributed by atoms with van der Waals surface area (Å²) in [5.74, 6) is 0. The van der Waals surface area contributed by atoms with Gasteiger partial charge in [0.25, 0.3) is 6.71 Å². The lowest BCUT2D eigenvalue weighted by atomic mass is 9.33. The van der Waals surface area contributed by atoms with Gasteiger partial charge in [0.2, 0.25) is 0 Å². The summed E-state index contributed by atoms with van der Waals surface area (Å²) in [6, 6.07) is 90.2. The standard InChI is InChI=1S/C104H109BN2/c1-97(2,3)73-36-28-62(29-37-73)66-48-67(63-30-38-74(39-31-63)98(4,5)6)51-70(50-66)81-26-25-27-82(71-52-68(64-32-40-75(41-33-64)99(7,8)9)49-69(53-71)65-34-42-76(43-35-65)100(10,11)12)93(81)72-54-91-94-92(55-72)107-90-47-45-78(102(16,17)18)57-84(90)86-59-80(104(22,23)24)61-88(96(86)107)105(94)87-60-79(103(19,20)21)58-85-83-56-77(101(13,14)15)44-46-89(83)106(91)95(85)87/h25-61H,1-24H3. The Morgan fingerprint density at radius 1 is 0.215 bits per heavy atom. The zero-order chi connectivity index (χ0) is 76.1. The molecule has 0 amide bonds. The maximum absolute atomic E-state index is 2.72. The van der Waals surface area contributed by atoms with Crippen molar-refractivity contribution in [2.75, 3.05) is 0 Å². The summed E-state index contributed by atoms with van der Waals surface area (Å²) < 4.78 is 5.45. The second-order valence-electron chi connectivity index (χ2n) is 40.1. The number of hydrogen-bond donors (Lipinski definition) is 0. The van der Waals surface area contributed by atoms with Gasteiger partial charge in [-0.2, -0.15) is 0 Å². The molecule has 2 aliphatic heterocycles. The van der Waals surface area contributed by atoms with Crippen LogP contribution in [0.15, 0.2) is 224 Å². The van der Waals surface area contributed by atoms with E-state index in [4.69, 9.17) is 0 Å². The van der Waals surface area contributed by atoms with Crippen LogP contribution in [0.25, 0.3) is 133 Å². The first-order valence-electron chi connectivity index (χ1n) is 39.4. The van der Waals surface area contributed by atoms with Crippen molar-refractivity contribution in [1.82, 2.24) is 9.13 Å². The maximum Gasteiger partial charge on any atom is 0.252 e. The zero-order valence-electron chi connectivity index (χ0n) is 68.3. The van der Waals surface area contributed by atoms with Gasteiger partial charge in [0, 0.05) is 44.0 Å². The third-order valence-electron chi connectivity index (χ3n) is 24.0. The second-order valence-corrected chi connectivity index (χ2v) is 40.1. The van der Waals surface area contributed by atoms with E-state index in [1.54, 1.807) is 0 Å². The predicted molar refractivity (Wildman–Crippen MR) is 467 cm³/mol. The van der Waals surface area contributed by atoms with Crippen molar-refractivity contribution in [3.63, 3.8) is 0 Å². The maximum atomic E-state index is 2.72. The van der Waals surface area contributed by atoms with E-state index in [9.17, 15) is 0 Å². The molecule has 0 aliphatic carbocycles. The van der Waals surface area contributed by atoms with Crippen LogP contribution in [-0.4, -0.2) is 15.8 Å². The summed E-state index contributed by atoms with van der Waals surface area (Å²) in [5, 5.41) is 5.25. The van der Waals surface area contributed by atoms with Crippen molar-refractivity contribution >= 4 is 66.7 Å². The number of nitrogens with zero attached hydrogens (tertiary/aromatic N) is 2. The van der Waals surface area contributed by atoms with Gasteiger partial charge in [-0.15, -0.1) is 0 Å². The normalized spacial score (nSPS) is 13.6. The minimum Gasteiger partial charge on any atom is -0.310 e. The van der Waals surface area contributed by atoms with Crippen molar-refractivity contribution in [3.8, 4) is 89.3 Å². The van der Waals surface area contributed by atoms with Crippen LogP contribution in [-0.2, 0) is 43.3 Å². The van der Waals surface area contributed by atoms with Crippen LogP contribution < -0.4 is 16.4 Å². The Morgan fingerprint density at radius 3 is 0.757 bits per heavy atom. The number of hydrogen-bond acceptors (Lipinski definition) is 0. The minimum atomic E-state index is -0.130. The van der Waals surface area contributed by atoms with Gasteiger partial charge >= 0.3 is 0 Å². The quantitative estimate of drug-likeness (QED) is 0.141. The van der Waals surface area contributed by atoms with E-state index in [-0.39, 0.29) is 50.0 Å². The summed E-state index contributed by atoms with van der Waals surface area (Å²) in [6.45, 7) is 56.3. The van der Waals surface area contributed by atoms with Gasteiger partial charge < -0.3 is 9.13 Å². The molecule has 3 heteroatoms. The molecule has 0 saturated heterocycles. The molecule has 12 aromatic carbocycles. The lowest BCUT2D eigenvalue weighted by molar-refractivity contribution is 0.590. The second kappa shape index (κ2) is 24.4. The average molecular weight is 1400 g/mol. The highest BCUT2D eigenvalue weighted by molar-refractivity contribution is 7.00. The lowest BCUT2D eigenvalue weighted by Gasteiger charge is -2.36. The topological polar surface area (TPSA) is 9.86 Å². The monoisotopic (exact) mass is 1400 g/mol. The first-order valence-corrected chi connectivity index (χ1v) is 39.4. The molecule has 0 bridgehead atoms. The fraction of sp³-hybridized carbons (Fsp3) is 0.308. The Labute approximate surface area is 639 Å². The van der Waals surface area contributed by atoms with Gasteiger partial charge in [-0.05, 0) is 267 Å². The number of fused-ring (bicyclic) bond motifs is 10. The molecule has 4 heterocycles. The molecule has 0 spiro atoms. The summed E-state index contributed by atoms with van der Waals surface area (Å²) in [4.78, 5) is 0. The first kappa shape index (κ1) is 71.6. The highest BCUT2D eigenvalue weighted by Gasteiger charge is 2.44. The van der Waals surface area contributed by atoms with Gasteiger partial charge in [0.15, 0.2) is 0 Å². The van der Waals surface area contributed by atoms with Gasteiger partial charge in [0.1, 0.15) is 0 Å². The van der Waals surface area contributed by atoms with Crippen LogP contribution in [0.4, 0.5) is 0 Å². The van der Waals surface area contributed by atoms with E-state index in [1.165, 1.54) is 183 Å². The fourth-order valence-electron chi connectivity index (χ4n) is 17.2. The van der Waals surface area contributed by atoms with E-state index in [0.29, 0.717) is 0 Å². The molecule has 2 aliphatic rings. The van der Waals surface area contributed by atoms with Gasteiger partial charge in [-0.3, -0.25) is 0 Å². The van der Waals surface area contributed by atoms with Crippen molar-refractivity contribution in [1.29, 1.82) is 0 Å². The van der Waals surface area contributed by atoms with Gasteiger partial charge in [0.05, 0.1) is 11.0 Å². The third kappa shape index (κ3) is 12.4. The molecule has 0 saturated carbocycles. The van der Waals surface area contributed by atoms with Crippen LogP contribution in [0.5, 0.6) is 0 Å². The van der Waals surface area contributed by atoms with Crippen LogP contribution in [0.1, 0.15) is 211 Å². The molecular weight excluding hydrogens is 1290 g/mol. The minimum absolute atomic E-state index is 0.00385. The van der Waals surface area contributed by atoms with E-state index in [0.717, 1.165) is 11.1 Å². The summed E-state index contributed by atoms with van der Waals surface area (Å²) >= 11 is 0. The van der Waals surface area contributed by atoms with Crippen LogP contribution in [0, 0.1) is 0 Å². The van der Waals surface area contributed by atoms with E-state index in [2.05, 4.69) is 400 Å². The first-order chi connectivity index (χ1) is 50.1. The smallest absolute Gasteiger partial charge is 0.252 e. The molecular formula is C104H109BN2. The molecule has 0 N–H and O–H groups in total. The molecule has 538 valence electrons. The van der Waals surface area contributed by atoms with Gasteiger partial charge in [-0.25, -0.2) is 0 Å². The van der Waals surface area contributed by atoms with E-state index < -0.39 is 0 Å². The third-order valence-corrected chi connectivity index (χ3v) is 24.0. The van der Waals surface area contributed by atoms with E-state index in [1.807, 2.05) is 0 Å². The van der Waals surface area contributed by atoms with Crippen molar-refractivity contribution in [2.24, 2.45) is 0 Å². The largest absolute Gasteiger partial charge is 0.310 e. The van der Waals surface area contributed by atoms with Crippen LogP contribution >= 0.6 is 0 Å². The Bertz CT molecular complexity index is 5430. The molecule has 14 aromatic rings. The number of benzene rings is 12. The Balaban J connectivity index is 1.08. The van der Waals surface area contributed by atoms with Crippen molar-refractivity contribution in [3.05, 3.63) is 269 Å². The predicted octanol–water partition coefficient (Wildman–Crippen LogP) is 27.1. The van der Waals surface area contributed by atoms with Crippen LogP contribution in [0.3, 0.4) is 0 Å². The van der Waals surface area contributed by atoms with Crippen LogP contribution in [0.2, 0.25) is 0 Å². The molecule has 2 aromatic heterocycles. The molecule has 0 atom stereocenters. The average Bonchev–Trinajstić information content (AvgIpc) is 1.55. The van der Waals surface area contributed by atoms with Gasteiger partial charge in [-0.1, -0.05) is 306 Å².